The van der Waals surface area contributed by atoms with E-state index in [1.807, 2.05) is 16.7 Å². The Bertz CT molecular complexity index is 1030. The molecule has 1 fully saturated rings. The molecule has 3 aromatic rings. The second-order valence-corrected chi connectivity index (χ2v) is 8.02. The monoisotopic (exact) mass is 425 g/mol. The van der Waals surface area contributed by atoms with Crippen LogP contribution in [0.1, 0.15) is 35.9 Å². The highest BCUT2D eigenvalue weighted by molar-refractivity contribution is 7.99. The first-order valence-electron chi connectivity index (χ1n) is 9.85. The minimum atomic E-state index is -0.205. The highest BCUT2D eigenvalue weighted by Crippen LogP contribution is 2.26. The summed E-state index contributed by atoms with van der Waals surface area (Å²) in [5.74, 6) is 1.46. The van der Waals surface area contributed by atoms with Crippen LogP contribution in [0.2, 0.25) is 0 Å². The number of furan rings is 1. The van der Waals surface area contributed by atoms with Gasteiger partial charge in [0.2, 0.25) is 11.9 Å². The summed E-state index contributed by atoms with van der Waals surface area (Å²) in [6.07, 6.45) is 3.91. The van der Waals surface area contributed by atoms with Crippen molar-refractivity contribution in [2.75, 3.05) is 29.1 Å². The molecule has 156 valence electrons. The molecule has 30 heavy (non-hydrogen) atoms. The molecule has 0 unspecified atom stereocenters. The Morgan fingerprint density at radius 3 is 2.67 bits per heavy atom. The fourth-order valence-corrected chi connectivity index (χ4v) is 4.18. The van der Waals surface area contributed by atoms with E-state index in [1.165, 1.54) is 18.7 Å². The van der Waals surface area contributed by atoms with E-state index < -0.39 is 0 Å². The summed E-state index contributed by atoms with van der Waals surface area (Å²) in [5.41, 5.74) is 1.01. The molecule has 1 aromatic carbocycles. The number of carbonyl (C=O) groups excluding carboxylic acids is 2. The van der Waals surface area contributed by atoms with Crippen LogP contribution < -0.4 is 10.2 Å². The molecule has 9 heteroatoms. The fourth-order valence-electron chi connectivity index (χ4n) is 3.45. The normalized spacial score (nSPS) is 13.6. The van der Waals surface area contributed by atoms with Crippen LogP contribution in [-0.4, -0.2) is 45.3 Å². The molecular weight excluding hydrogens is 402 g/mol. The van der Waals surface area contributed by atoms with Crippen molar-refractivity contribution in [3.63, 3.8) is 0 Å². The van der Waals surface area contributed by atoms with Crippen molar-refractivity contribution in [2.45, 2.75) is 31.5 Å². The van der Waals surface area contributed by atoms with Crippen LogP contribution in [0.15, 0.2) is 52.2 Å². The fraction of sp³-hybridized carbons (Fsp3) is 0.333. The quantitative estimate of drug-likeness (QED) is 0.436. The molecule has 3 heterocycles. The van der Waals surface area contributed by atoms with Gasteiger partial charge >= 0.3 is 0 Å². The van der Waals surface area contributed by atoms with Crippen molar-refractivity contribution in [2.24, 2.45) is 0 Å². The largest absolute Gasteiger partial charge is 0.467 e. The summed E-state index contributed by atoms with van der Waals surface area (Å²) < 4.78 is 7.50. The first-order valence-corrected chi connectivity index (χ1v) is 10.8. The minimum Gasteiger partial charge on any atom is -0.467 e. The van der Waals surface area contributed by atoms with E-state index in [1.54, 1.807) is 30.5 Å². The number of hydrogen-bond donors (Lipinski definition) is 1. The summed E-state index contributed by atoms with van der Waals surface area (Å²) in [6.45, 7) is 3.88. The molecule has 8 nitrogen and oxygen atoms in total. The van der Waals surface area contributed by atoms with Gasteiger partial charge in [-0.1, -0.05) is 23.9 Å². The van der Waals surface area contributed by atoms with Crippen LogP contribution in [0, 0.1) is 0 Å². The van der Waals surface area contributed by atoms with Gasteiger partial charge in [0.1, 0.15) is 5.76 Å². The third-order valence-corrected chi connectivity index (χ3v) is 5.86. The highest BCUT2D eigenvalue weighted by Gasteiger charge is 2.22. The summed E-state index contributed by atoms with van der Waals surface area (Å²) in [7, 11) is 0. The molecule has 4 rings (SSSR count). The van der Waals surface area contributed by atoms with E-state index in [9.17, 15) is 9.59 Å². The van der Waals surface area contributed by atoms with Crippen molar-refractivity contribution >= 4 is 35.1 Å². The molecule has 1 amide bonds. The number of thioether (sulfide) groups is 1. The van der Waals surface area contributed by atoms with Gasteiger partial charge in [-0.3, -0.25) is 14.2 Å². The van der Waals surface area contributed by atoms with Gasteiger partial charge in [-0.25, -0.2) is 0 Å². The minimum absolute atomic E-state index is 0.0907. The van der Waals surface area contributed by atoms with E-state index >= 15 is 0 Å². The number of Topliss-reactive ketones (excluding diaryl/α,β-unsaturated/α-hetero) is 1. The van der Waals surface area contributed by atoms with Gasteiger partial charge in [0.05, 0.1) is 24.2 Å². The number of ketones is 1. The number of benzene rings is 1. The van der Waals surface area contributed by atoms with Crippen molar-refractivity contribution in [1.82, 2.24) is 14.8 Å². The third-order valence-electron chi connectivity index (χ3n) is 4.89. The van der Waals surface area contributed by atoms with Crippen LogP contribution in [0.4, 0.5) is 11.6 Å². The Morgan fingerprint density at radius 2 is 1.93 bits per heavy atom. The van der Waals surface area contributed by atoms with E-state index in [-0.39, 0.29) is 17.4 Å². The molecule has 0 radical (unpaired) electrons. The lowest BCUT2D eigenvalue weighted by Crippen LogP contribution is -2.23. The van der Waals surface area contributed by atoms with Crippen LogP contribution in [0.3, 0.4) is 0 Å². The van der Waals surface area contributed by atoms with Crippen molar-refractivity contribution in [3.05, 3.63) is 54.0 Å². The number of rotatable bonds is 8. The maximum atomic E-state index is 12.5. The second kappa shape index (κ2) is 9.17. The van der Waals surface area contributed by atoms with Gasteiger partial charge in [-0.05, 0) is 44.0 Å². The Balaban J connectivity index is 1.47. The second-order valence-electron chi connectivity index (χ2n) is 7.08. The Hall–Kier alpha value is -3.07. The lowest BCUT2D eigenvalue weighted by molar-refractivity contribution is -0.113. The summed E-state index contributed by atoms with van der Waals surface area (Å²) >= 11 is 1.31. The predicted octanol–water partition coefficient (Wildman–Crippen LogP) is 3.45. The SMILES string of the molecule is CC(=O)c1ccccc1NC(=O)CSc1nnc(N2CCCC2)n1Cc1ccco1. The molecule has 0 bridgehead atoms. The summed E-state index contributed by atoms with van der Waals surface area (Å²) in [4.78, 5) is 26.5. The molecular formula is C21H23N5O3S. The smallest absolute Gasteiger partial charge is 0.234 e. The maximum Gasteiger partial charge on any atom is 0.234 e. The lowest BCUT2D eigenvalue weighted by Gasteiger charge is -2.17. The Kier molecular flexibility index (Phi) is 6.18. The molecule has 0 aliphatic carbocycles. The number of para-hydroxylation sites is 1. The molecule has 1 aliphatic heterocycles. The Morgan fingerprint density at radius 1 is 1.13 bits per heavy atom. The summed E-state index contributed by atoms with van der Waals surface area (Å²) in [6, 6.07) is 10.8. The molecule has 0 atom stereocenters. The first kappa shape index (κ1) is 20.2. The van der Waals surface area contributed by atoms with Gasteiger partial charge in [0, 0.05) is 18.7 Å². The highest BCUT2D eigenvalue weighted by atomic mass is 32.2. The van der Waals surface area contributed by atoms with Crippen LogP contribution in [0.25, 0.3) is 0 Å². The molecule has 0 spiro atoms. The molecule has 1 N–H and O–H groups in total. The van der Waals surface area contributed by atoms with Gasteiger partial charge < -0.3 is 14.6 Å². The zero-order valence-corrected chi connectivity index (χ0v) is 17.5. The summed E-state index contributed by atoms with van der Waals surface area (Å²) in [5, 5.41) is 12.2. The molecule has 2 aromatic heterocycles. The van der Waals surface area contributed by atoms with Crippen LogP contribution in [-0.2, 0) is 11.3 Å². The average molecular weight is 426 g/mol. The van der Waals surface area contributed by atoms with E-state index in [0.717, 1.165) is 37.6 Å². The molecule has 0 saturated carbocycles. The zero-order chi connectivity index (χ0) is 20.9. The van der Waals surface area contributed by atoms with Crippen molar-refractivity contribution in [1.29, 1.82) is 0 Å². The van der Waals surface area contributed by atoms with Gasteiger partial charge in [0.15, 0.2) is 10.9 Å². The van der Waals surface area contributed by atoms with Gasteiger partial charge in [-0.2, -0.15) is 0 Å². The van der Waals surface area contributed by atoms with E-state index in [2.05, 4.69) is 20.4 Å². The molecule has 1 saturated heterocycles. The van der Waals surface area contributed by atoms with Crippen LogP contribution in [0.5, 0.6) is 0 Å². The number of anilines is 2. The third kappa shape index (κ3) is 4.56. The topological polar surface area (TPSA) is 93.3 Å². The number of aromatic nitrogens is 3. The number of hydrogen-bond acceptors (Lipinski definition) is 7. The van der Waals surface area contributed by atoms with Crippen molar-refractivity contribution in [3.8, 4) is 0 Å². The predicted molar refractivity (Wildman–Crippen MR) is 115 cm³/mol. The molecule has 1 aliphatic rings. The van der Waals surface area contributed by atoms with Crippen molar-refractivity contribution < 1.29 is 14.0 Å². The van der Waals surface area contributed by atoms with Crippen LogP contribution >= 0.6 is 11.8 Å². The zero-order valence-electron chi connectivity index (χ0n) is 16.7. The maximum absolute atomic E-state index is 12.5. The van der Waals surface area contributed by atoms with E-state index in [4.69, 9.17) is 4.42 Å². The van der Waals surface area contributed by atoms with Gasteiger partial charge in [0.25, 0.3) is 0 Å². The lowest BCUT2D eigenvalue weighted by atomic mass is 10.1. The number of carbonyl (C=O) groups is 2. The van der Waals surface area contributed by atoms with Gasteiger partial charge in [-0.15, -0.1) is 10.2 Å². The van der Waals surface area contributed by atoms with E-state index in [0.29, 0.717) is 23.0 Å². The number of nitrogens with one attached hydrogen (secondary N) is 1. The standard InChI is InChI=1S/C21H23N5O3S/c1-15(27)17-8-2-3-9-18(17)22-19(28)14-30-21-24-23-20(25-10-4-5-11-25)26(21)13-16-7-6-12-29-16/h2-3,6-9,12H,4-5,10-11,13-14H2,1H3,(H,22,28). The number of amides is 1. The Labute approximate surface area is 178 Å². The first-order chi connectivity index (χ1) is 14.6. The number of nitrogens with zero attached hydrogens (tertiary/aromatic N) is 4. The average Bonchev–Trinajstić information content (AvgIpc) is 3.49.